The van der Waals surface area contributed by atoms with E-state index in [9.17, 15) is 4.79 Å². The van der Waals surface area contributed by atoms with Gasteiger partial charge in [-0.25, -0.2) is 4.98 Å². The first-order valence-electron chi connectivity index (χ1n) is 9.50. The predicted molar refractivity (Wildman–Crippen MR) is 111 cm³/mol. The first-order valence-corrected chi connectivity index (χ1v) is 9.88. The number of benzene rings is 1. The molecule has 0 saturated carbocycles. The van der Waals surface area contributed by atoms with Gasteiger partial charge in [0.15, 0.2) is 0 Å². The van der Waals surface area contributed by atoms with Gasteiger partial charge in [-0.3, -0.25) is 9.69 Å². The lowest BCUT2D eigenvalue weighted by molar-refractivity contribution is -0.120. The van der Waals surface area contributed by atoms with E-state index in [0.29, 0.717) is 10.8 Å². The number of pyridine rings is 1. The van der Waals surface area contributed by atoms with Crippen LogP contribution >= 0.6 is 11.6 Å². The summed E-state index contributed by atoms with van der Waals surface area (Å²) in [7, 11) is 1.98. The largest absolute Gasteiger partial charge is 0.371 e. The molecule has 1 amide bonds. The molecule has 5 nitrogen and oxygen atoms in total. The average molecular weight is 387 g/mol. The van der Waals surface area contributed by atoms with Gasteiger partial charge in [-0.05, 0) is 57.0 Å². The summed E-state index contributed by atoms with van der Waals surface area (Å²) in [6.45, 7) is 4.85. The van der Waals surface area contributed by atoms with Crippen LogP contribution < -0.4 is 10.2 Å². The fourth-order valence-corrected chi connectivity index (χ4v) is 3.49. The molecular weight excluding hydrogens is 360 g/mol. The Balaban J connectivity index is 1.64. The molecule has 1 N–H and O–H groups in total. The van der Waals surface area contributed by atoms with Gasteiger partial charge in [-0.15, -0.1) is 0 Å². The van der Waals surface area contributed by atoms with E-state index < -0.39 is 0 Å². The fourth-order valence-electron chi connectivity index (χ4n) is 3.37. The number of carbonyl (C=O) groups excluding carboxylic acids is 1. The van der Waals surface area contributed by atoms with Crippen LogP contribution in [0.5, 0.6) is 0 Å². The van der Waals surface area contributed by atoms with Gasteiger partial charge in [0.05, 0.1) is 11.1 Å². The van der Waals surface area contributed by atoms with Crippen LogP contribution in [0.3, 0.4) is 0 Å². The number of rotatable bonds is 6. The van der Waals surface area contributed by atoms with Crippen LogP contribution in [0.15, 0.2) is 42.6 Å². The molecule has 0 bridgehead atoms. The number of nitrogens with zero attached hydrogens (tertiary/aromatic N) is 3. The molecule has 1 saturated heterocycles. The third-order valence-corrected chi connectivity index (χ3v) is 5.35. The maximum atomic E-state index is 12.6. The van der Waals surface area contributed by atoms with E-state index in [1.165, 1.54) is 36.7 Å². The zero-order valence-electron chi connectivity index (χ0n) is 16.0. The molecular formula is C21H27ClN4O. The third kappa shape index (κ3) is 5.21. The van der Waals surface area contributed by atoms with Gasteiger partial charge in [0, 0.05) is 31.5 Å². The summed E-state index contributed by atoms with van der Waals surface area (Å²) < 4.78 is 0. The Bertz CT molecular complexity index is 759. The number of hydrogen-bond acceptors (Lipinski definition) is 4. The number of nitrogens with one attached hydrogen (secondary N) is 1. The second-order valence-corrected chi connectivity index (χ2v) is 7.55. The molecule has 0 radical (unpaired) electrons. The van der Waals surface area contributed by atoms with Crippen LogP contribution in [0.1, 0.15) is 31.7 Å². The molecule has 0 aliphatic carbocycles. The van der Waals surface area contributed by atoms with Crippen molar-refractivity contribution in [1.82, 2.24) is 9.88 Å². The fraction of sp³-hybridized carbons (Fsp3) is 0.429. The second kappa shape index (κ2) is 9.20. The molecule has 2 aromatic rings. The van der Waals surface area contributed by atoms with E-state index >= 15 is 0 Å². The molecule has 1 aliphatic heterocycles. The zero-order chi connectivity index (χ0) is 19.2. The van der Waals surface area contributed by atoms with E-state index in [2.05, 4.69) is 44.4 Å². The molecule has 1 fully saturated rings. The van der Waals surface area contributed by atoms with Crippen molar-refractivity contribution in [2.24, 2.45) is 0 Å². The van der Waals surface area contributed by atoms with Crippen molar-refractivity contribution in [2.75, 3.05) is 30.4 Å². The minimum absolute atomic E-state index is 0.0808. The lowest BCUT2D eigenvalue weighted by Crippen LogP contribution is -2.39. The third-order valence-electron chi connectivity index (χ3n) is 5.13. The highest BCUT2D eigenvalue weighted by Crippen LogP contribution is 2.25. The van der Waals surface area contributed by atoms with Gasteiger partial charge in [0.1, 0.15) is 5.82 Å². The second-order valence-electron chi connectivity index (χ2n) is 7.12. The number of likely N-dealkylation sites (N-methyl/N-ethyl adjacent to an activating group) is 1. The van der Waals surface area contributed by atoms with Gasteiger partial charge < -0.3 is 10.2 Å². The highest BCUT2D eigenvalue weighted by Gasteiger charge is 2.21. The van der Waals surface area contributed by atoms with E-state index in [-0.39, 0.29) is 11.9 Å². The van der Waals surface area contributed by atoms with Crippen molar-refractivity contribution in [3.8, 4) is 0 Å². The lowest BCUT2D eigenvalue weighted by Gasteiger charge is -2.32. The van der Waals surface area contributed by atoms with Crippen molar-refractivity contribution in [3.63, 3.8) is 0 Å². The van der Waals surface area contributed by atoms with Crippen LogP contribution in [0, 0.1) is 0 Å². The maximum Gasteiger partial charge on any atom is 0.242 e. The highest BCUT2D eigenvalue weighted by atomic mass is 35.5. The van der Waals surface area contributed by atoms with Crippen LogP contribution in [0.4, 0.5) is 11.5 Å². The van der Waals surface area contributed by atoms with Gasteiger partial charge >= 0.3 is 0 Å². The van der Waals surface area contributed by atoms with Crippen LogP contribution in [-0.2, 0) is 11.3 Å². The first-order chi connectivity index (χ1) is 13.0. The predicted octanol–water partition coefficient (Wildman–Crippen LogP) is 4.18. The summed E-state index contributed by atoms with van der Waals surface area (Å²) >= 11 is 5.84. The molecule has 1 aliphatic rings. The summed E-state index contributed by atoms with van der Waals surface area (Å²) in [5.41, 5.74) is 2.54. The lowest BCUT2D eigenvalue weighted by atomic mass is 10.1. The Kier molecular flexibility index (Phi) is 6.69. The number of hydrogen-bond donors (Lipinski definition) is 1. The number of aromatic nitrogens is 1. The van der Waals surface area contributed by atoms with Gasteiger partial charge in [-0.1, -0.05) is 29.8 Å². The molecule has 144 valence electrons. The Hall–Kier alpha value is -2.11. The Morgan fingerprint density at radius 1 is 1.22 bits per heavy atom. The van der Waals surface area contributed by atoms with Gasteiger partial charge in [0.2, 0.25) is 5.91 Å². The zero-order valence-corrected chi connectivity index (χ0v) is 16.7. The SMILES string of the molecule is CC(C(=O)Nc1ccc(Cl)cn1)N(C)Cc1ccccc1N1CCCCC1. The molecule has 1 unspecified atom stereocenters. The van der Waals surface area contributed by atoms with E-state index in [4.69, 9.17) is 11.6 Å². The molecule has 3 rings (SSSR count). The average Bonchev–Trinajstić information content (AvgIpc) is 2.70. The van der Waals surface area contributed by atoms with E-state index in [1.54, 1.807) is 12.1 Å². The van der Waals surface area contributed by atoms with Crippen molar-refractivity contribution in [1.29, 1.82) is 0 Å². The minimum atomic E-state index is -0.281. The summed E-state index contributed by atoms with van der Waals surface area (Å²) in [6, 6.07) is 11.7. The number of para-hydroxylation sites is 1. The number of carbonyl (C=O) groups is 1. The van der Waals surface area contributed by atoms with Gasteiger partial charge in [0.25, 0.3) is 0 Å². The van der Waals surface area contributed by atoms with E-state index in [0.717, 1.165) is 19.6 Å². The number of amides is 1. The standard InChI is InChI=1S/C21H27ClN4O/c1-16(21(27)24-20-11-10-18(22)14-23-20)25(2)15-17-8-4-5-9-19(17)26-12-6-3-7-13-26/h4-5,8-11,14,16H,3,6-7,12-13,15H2,1-2H3,(H,23,24,27). The molecule has 0 spiro atoms. The number of anilines is 2. The summed E-state index contributed by atoms with van der Waals surface area (Å²) in [5.74, 6) is 0.432. The Labute approximate surface area is 166 Å². The molecule has 27 heavy (non-hydrogen) atoms. The van der Waals surface area contributed by atoms with Gasteiger partial charge in [-0.2, -0.15) is 0 Å². The molecule has 6 heteroatoms. The first kappa shape index (κ1) is 19.6. The number of piperidine rings is 1. The molecule has 1 atom stereocenters. The Morgan fingerprint density at radius 3 is 2.67 bits per heavy atom. The van der Waals surface area contributed by atoms with E-state index in [1.807, 2.05) is 14.0 Å². The maximum absolute atomic E-state index is 12.6. The van der Waals surface area contributed by atoms with Crippen LogP contribution in [-0.4, -0.2) is 42.0 Å². The van der Waals surface area contributed by atoms with Crippen LogP contribution in [0.2, 0.25) is 5.02 Å². The quantitative estimate of drug-likeness (QED) is 0.808. The van der Waals surface area contributed by atoms with Crippen molar-refractivity contribution in [3.05, 3.63) is 53.2 Å². The smallest absolute Gasteiger partial charge is 0.242 e. The summed E-state index contributed by atoms with van der Waals surface area (Å²) in [6.07, 6.45) is 5.34. The summed E-state index contributed by atoms with van der Waals surface area (Å²) in [4.78, 5) is 21.2. The van der Waals surface area contributed by atoms with Crippen molar-refractivity contribution < 1.29 is 4.79 Å². The number of halogens is 1. The van der Waals surface area contributed by atoms with Crippen molar-refractivity contribution in [2.45, 2.75) is 38.8 Å². The summed E-state index contributed by atoms with van der Waals surface area (Å²) in [5, 5.41) is 3.40. The molecule has 2 heterocycles. The van der Waals surface area contributed by atoms with Crippen molar-refractivity contribution >= 4 is 29.0 Å². The normalized spacial score (nSPS) is 15.6. The van der Waals surface area contributed by atoms with Crippen LogP contribution in [0.25, 0.3) is 0 Å². The molecule has 1 aromatic heterocycles. The monoisotopic (exact) mass is 386 g/mol. The highest BCUT2D eigenvalue weighted by molar-refractivity contribution is 6.30. The minimum Gasteiger partial charge on any atom is -0.371 e. The topological polar surface area (TPSA) is 48.5 Å². The Morgan fingerprint density at radius 2 is 1.96 bits per heavy atom. The molecule has 1 aromatic carbocycles.